The van der Waals surface area contributed by atoms with E-state index in [1.54, 1.807) is 0 Å². The molecule has 0 fully saturated rings. The molecule has 2 amide bonds. The number of amides is 2. The Kier molecular flexibility index (Phi) is 3.69. The summed E-state index contributed by atoms with van der Waals surface area (Å²) in [6, 6.07) is 22.9. The highest BCUT2D eigenvalue weighted by Gasteiger charge is 2.04. The van der Waals surface area contributed by atoms with Crippen molar-refractivity contribution in [2.75, 3.05) is 10.7 Å². The summed E-state index contributed by atoms with van der Waals surface area (Å²) < 4.78 is 0. The summed E-state index contributed by atoms with van der Waals surface area (Å²) in [6.07, 6.45) is 0. The lowest BCUT2D eigenvalue weighted by molar-refractivity contribution is 0.254. The van der Waals surface area contributed by atoms with Gasteiger partial charge in [0.05, 0.1) is 11.4 Å². The number of benzene rings is 3. The van der Waals surface area contributed by atoms with Gasteiger partial charge in [-0.1, -0.05) is 54.6 Å². The zero-order valence-corrected chi connectivity index (χ0v) is 11.3. The van der Waals surface area contributed by atoms with Crippen molar-refractivity contribution in [2.45, 2.75) is 0 Å². The highest BCUT2D eigenvalue weighted by Crippen LogP contribution is 2.22. The highest BCUT2D eigenvalue weighted by atomic mass is 16.2. The molecule has 0 saturated heterocycles. The number of nitrogens with one attached hydrogen (secondary N) is 3. The lowest BCUT2D eigenvalue weighted by Gasteiger charge is -2.11. The Balaban J connectivity index is 1.69. The monoisotopic (exact) mass is 277 g/mol. The molecule has 0 unspecified atom stereocenters. The van der Waals surface area contributed by atoms with Crippen LogP contribution in [0, 0.1) is 0 Å². The third kappa shape index (κ3) is 3.12. The molecule has 0 bridgehead atoms. The third-order valence-corrected chi connectivity index (χ3v) is 3.13. The minimum atomic E-state index is -0.310. The minimum absolute atomic E-state index is 0.310. The topological polar surface area (TPSA) is 53.2 Å². The van der Waals surface area contributed by atoms with E-state index in [1.165, 1.54) is 0 Å². The molecular formula is C17H15N3O. The van der Waals surface area contributed by atoms with Crippen LogP contribution >= 0.6 is 0 Å². The molecule has 3 rings (SSSR count). The molecule has 0 radical (unpaired) electrons. The maximum Gasteiger partial charge on any atom is 0.337 e. The van der Waals surface area contributed by atoms with Crippen LogP contribution in [0.3, 0.4) is 0 Å². The largest absolute Gasteiger partial charge is 0.337 e. The molecule has 0 saturated carbocycles. The second-order valence-electron chi connectivity index (χ2n) is 4.60. The number of hydrazine groups is 1. The van der Waals surface area contributed by atoms with Gasteiger partial charge in [0.2, 0.25) is 0 Å². The summed E-state index contributed by atoms with van der Waals surface area (Å²) in [6.45, 7) is 0. The minimum Gasteiger partial charge on any atom is -0.306 e. The molecule has 0 heterocycles. The fraction of sp³-hybridized carbons (Fsp3) is 0. The van der Waals surface area contributed by atoms with Crippen molar-refractivity contribution in [2.24, 2.45) is 0 Å². The van der Waals surface area contributed by atoms with Gasteiger partial charge in [-0.3, -0.25) is 10.9 Å². The highest BCUT2D eigenvalue weighted by molar-refractivity contribution is 6.01. The van der Waals surface area contributed by atoms with Crippen molar-refractivity contribution in [3.63, 3.8) is 0 Å². The summed E-state index contributed by atoms with van der Waals surface area (Å²) in [7, 11) is 0. The molecule has 3 aromatic rings. The van der Waals surface area contributed by atoms with Gasteiger partial charge in [-0.05, 0) is 23.6 Å². The van der Waals surface area contributed by atoms with E-state index in [9.17, 15) is 4.79 Å². The molecule has 4 heteroatoms. The number of rotatable bonds is 3. The van der Waals surface area contributed by atoms with Crippen LogP contribution in [-0.4, -0.2) is 6.03 Å². The number of carbonyl (C=O) groups excluding carboxylic acids is 1. The Hall–Kier alpha value is -3.01. The van der Waals surface area contributed by atoms with Gasteiger partial charge in [-0.15, -0.1) is 0 Å². The van der Waals surface area contributed by atoms with Crippen LogP contribution in [0.1, 0.15) is 0 Å². The maximum atomic E-state index is 11.9. The summed E-state index contributed by atoms with van der Waals surface area (Å²) >= 11 is 0. The van der Waals surface area contributed by atoms with Crippen LogP contribution in [0.15, 0.2) is 72.8 Å². The van der Waals surface area contributed by atoms with Crippen LogP contribution in [-0.2, 0) is 0 Å². The molecule has 3 aromatic carbocycles. The van der Waals surface area contributed by atoms with Gasteiger partial charge in [0.1, 0.15) is 0 Å². The molecular weight excluding hydrogens is 262 g/mol. The number of para-hydroxylation sites is 1. The molecule has 104 valence electrons. The van der Waals surface area contributed by atoms with Crippen molar-refractivity contribution >= 4 is 28.2 Å². The number of hydrogen-bond acceptors (Lipinski definition) is 2. The van der Waals surface area contributed by atoms with E-state index in [2.05, 4.69) is 16.2 Å². The Morgan fingerprint density at radius 2 is 1.48 bits per heavy atom. The van der Waals surface area contributed by atoms with Gasteiger partial charge in [-0.25, -0.2) is 4.79 Å². The van der Waals surface area contributed by atoms with Crippen LogP contribution in [0.5, 0.6) is 0 Å². The Labute approximate surface area is 122 Å². The van der Waals surface area contributed by atoms with E-state index < -0.39 is 0 Å². The number of hydrogen-bond donors (Lipinski definition) is 3. The smallest absolute Gasteiger partial charge is 0.306 e. The number of anilines is 2. The summed E-state index contributed by atoms with van der Waals surface area (Å²) in [5.41, 5.74) is 7.07. The summed E-state index contributed by atoms with van der Waals surface area (Å²) in [5.74, 6) is 0. The second kappa shape index (κ2) is 5.96. The zero-order chi connectivity index (χ0) is 14.5. The molecule has 4 nitrogen and oxygen atoms in total. The van der Waals surface area contributed by atoms with Crippen LogP contribution in [0.25, 0.3) is 10.8 Å². The fourth-order valence-electron chi connectivity index (χ4n) is 2.14. The number of carbonyl (C=O) groups is 1. The predicted octanol–water partition coefficient (Wildman–Crippen LogP) is 3.99. The molecule has 21 heavy (non-hydrogen) atoms. The molecule has 0 aliphatic rings. The zero-order valence-electron chi connectivity index (χ0n) is 11.3. The van der Waals surface area contributed by atoms with Crippen LogP contribution in [0.2, 0.25) is 0 Å². The Morgan fingerprint density at radius 3 is 2.33 bits per heavy atom. The standard InChI is InChI=1S/C17H15N3O/c21-17(20-19-14-9-2-1-3-10-14)18-16-12-6-8-13-7-4-5-11-15(13)16/h1-12,19H,(H2,18,20,21). The number of fused-ring (bicyclic) bond motifs is 1. The van der Waals surface area contributed by atoms with Gasteiger partial charge in [-0.2, -0.15) is 0 Å². The Bertz CT molecular complexity index is 751. The first-order chi connectivity index (χ1) is 10.3. The van der Waals surface area contributed by atoms with Gasteiger partial charge in [0, 0.05) is 5.39 Å². The average molecular weight is 277 g/mol. The predicted molar refractivity (Wildman–Crippen MR) is 86.2 cm³/mol. The van der Waals surface area contributed by atoms with E-state index in [0.717, 1.165) is 22.1 Å². The van der Waals surface area contributed by atoms with Crippen molar-refractivity contribution in [1.82, 2.24) is 5.43 Å². The van der Waals surface area contributed by atoms with E-state index in [0.29, 0.717) is 0 Å². The first kappa shape index (κ1) is 13.0. The number of urea groups is 1. The normalized spacial score (nSPS) is 10.1. The first-order valence-electron chi connectivity index (χ1n) is 6.69. The molecule has 0 atom stereocenters. The molecule has 3 N–H and O–H groups in total. The summed E-state index contributed by atoms with van der Waals surface area (Å²) in [5, 5.41) is 4.94. The molecule has 0 aromatic heterocycles. The van der Waals surface area contributed by atoms with Gasteiger partial charge >= 0.3 is 6.03 Å². The third-order valence-electron chi connectivity index (χ3n) is 3.13. The lowest BCUT2D eigenvalue weighted by atomic mass is 10.1. The van der Waals surface area contributed by atoms with E-state index in [1.807, 2.05) is 72.8 Å². The van der Waals surface area contributed by atoms with Crippen molar-refractivity contribution < 1.29 is 4.79 Å². The van der Waals surface area contributed by atoms with Crippen molar-refractivity contribution in [1.29, 1.82) is 0 Å². The van der Waals surface area contributed by atoms with Crippen molar-refractivity contribution in [3.05, 3.63) is 72.8 Å². The fourth-order valence-corrected chi connectivity index (χ4v) is 2.14. The lowest BCUT2D eigenvalue weighted by Crippen LogP contribution is -2.33. The maximum absolute atomic E-state index is 11.9. The Morgan fingerprint density at radius 1 is 0.762 bits per heavy atom. The van der Waals surface area contributed by atoms with Crippen molar-refractivity contribution in [3.8, 4) is 0 Å². The second-order valence-corrected chi connectivity index (χ2v) is 4.60. The molecule has 0 aliphatic carbocycles. The molecule has 0 spiro atoms. The van der Waals surface area contributed by atoms with E-state index in [4.69, 9.17) is 0 Å². The molecule has 0 aliphatic heterocycles. The van der Waals surface area contributed by atoms with E-state index >= 15 is 0 Å². The average Bonchev–Trinajstić information content (AvgIpc) is 2.54. The van der Waals surface area contributed by atoms with E-state index in [-0.39, 0.29) is 6.03 Å². The summed E-state index contributed by atoms with van der Waals surface area (Å²) in [4.78, 5) is 11.9. The van der Waals surface area contributed by atoms with Gasteiger partial charge < -0.3 is 5.32 Å². The van der Waals surface area contributed by atoms with Gasteiger partial charge in [0.15, 0.2) is 0 Å². The quantitative estimate of drug-likeness (QED) is 0.634. The van der Waals surface area contributed by atoms with Crippen LogP contribution in [0.4, 0.5) is 16.2 Å². The first-order valence-corrected chi connectivity index (χ1v) is 6.69. The van der Waals surface area contributed by atoms with Gasteiger partial charge in [0.25, 0.3) is 0 Å². The van der Waals surface area contributed by atoms with Crippen LogP contribution < -0.4 is 16.2 Å². The SMILES string of the molecule is O=C(NNc1ccccc1)Nc1cccc2ccccc12.